The lowest BCUT2D eigenvalue weighted by atomic mass is 10.0. The van der Waals surface area contributed by atoms with Crippen LogP contribution in [0.25, 0.3) is 0 Å². The Morgan fingerprint density at radius 2 is 2.04 bits per heavy atom. The Morgan fingerprint density at radius 3 is 2.79 bits per heavy atom. The van der Waals surface area contributed by atoms with Gasteiger partial charge < -0.3 is 14.8 Å². The monoisotopic (exact) mass is 398 g/mol. The van der Waals surface area contributed by atoms with Gasteiger partial charge in [-0.25, -0.2) is 0 Å². The Bertz CT molecular complexity index is 856. The zero-order valence-electron chi connectivity index (χ0n) is 15.5. The summed E-state index contributed by atoms with van der Waals surface area (Å²) in [5, 5.41) is 3.54. The van der Waals surface area contributed by atoms with Crippen molar-refractivity contribution < 1.29 is 14.3 Å². The minimum Gasteiger partial charge on any atom is -0.349 e. The molecule has 1 amide bonds. The van der Waals surface area contributed by atoms with Crippen molar-refractivity contribution in [2.45, 2.75) is 18.9 Å². The van der Waals surface area contributed by atoms with Gasteiger partial charge in [-0.3, -0.25) is 9.69 Å². The number of amides is 1. The Labute approximate surface area is 169 Å². The first-order valence-corrected chi connectivity index (χ1v) is 9.81. The van der Waals surface area contributed by atoms with Gasteiger partial charge in [0, 0.05) is 30.7 Å². The molecule has 0 unspecified atom stereocenters. The maximum atomic E-state index is 11.5. The molecule has 2 aliphatic rings. The second-order valence-electron chi connectivity index (χ2n) is 7.03. The molecule has 0 bridgehead atoms. The first-order chi connectivity index (χ1) is 13.7. The van der Waals surface area contributed by atoms with Crippen molar-refractivity contribution in [1.29, 1.82) is 0 Å². The smallest absolute Gasteiger partial charge is 0.244 e. The molecule has 2 heterocycles. The van der Waals surface area contributed by atoms with Gasteiger partial charge in [-0.05, 0) is 28.8 Å². The van der Waals surface area contributed by atoms with E-state index >= 15 is 0 Å². The highest BCUT2D eigenvalue weighted by Crippen LogP contribution is 2.31. The van der Waals surface area contributed by atoms with Gasteiger partial charge in [-0.2, -0.15) is 0 Å². The lowest BCUT2D eigenvalue weighted by Gasteiger charge is -2.41. The fraction of sp³-hybridized carbons (Fsp3) is 0.318. The van der Waals surface area contributed by atoms with Crippen molar-refractivity contribution in [3.8, 4) is 0 Å². The van der Waals surface area contributed by atoms with E-state index in [1.54, 1.807) is 6.08 Å². The first-order valence-electron chi connectivity index (χ1n) is 9.43. The third kappa shape index (κ3) is 4.62. The molecule has 2 aromatic carbocycles. The maximum absolute atomic E-state index is 11.5. The number of rotatable bonds is 6. The van der Waals surface area contributed by atoms with Gasteiger partial charge in [-0.15, -0.1) is 0 Å². The summed E-state index contributed by atoms with van der Waals surface area (Å²) >= 11 is 6.09. The van der Waals surface area contributed by atoms with Crippen molar-refractivity contribution in [3.05, 3.63) is 82.4 Å². The fourth-order valence-electron chi connectivity index (χ4n) is 3.68. The Hall–Kier alpha value is -2.18. The molecule has 0 aliphatic carbocycles. The number of morpholine rings is 1. The minimum absolute atomic E-state index is 0.0201. The summed E-state index contributed by atoms with van der Waals surface area (Å²) < 4.78 is 12.2. The molecular formula is C22H23ClN2O3. The Kier molecular flexibility index (Phi) is 6.07. The molecule has 1 N–H and O–H groups in total. The summed E-state index contributed by atoms with van der Waals surface area (Å²) in [6.07, 6.45) is 1.29. The van der Waals surface area contributed by atoms with Crippen LogP contribution in [0.4, 0.5) is 0 Å². The lowest BCUT2D eigenvalue weighted by Crippen LogP contribution is -2.47. The number of hydrogen-bond donors (Lipinski definition) is 1. The van der Waals surface area contributed by atoms with E-state index < -0.39 is 6.29 Å². The van der Waals surface area contributed by atoms with Crippen molar-refractivity contribution in [3.63, 3.8) is 0 Å². The second-order valence-corrected chi connectivity index (χ2v) is 7.46. The third-order valence-electron chi connectivity index (χ3n) is 4.99. The third-order valence-corrected chi connectivity index (χ3v) is 5.22. The van der Waals surface area contributed by atoms with Crippen LogP contribution in [-0.4, -0.2) is 43.3 Å². The van der Waals surface area contributed by atoms with E-state index in [9.17, 15) is 4.79 Å². The lowest BCUT2D eigenvalue weighted by molar-refractivity contribution is -0.215. The zero-order chi connectivity index (χ0) is 19.3. The van der Waals surface area contributed by atoms with Crippen molar-refractivity contribution in [1.82, 2.24) is 10.2 Å². The van der Waals surface area contributed by atoms with Gasteiger partial charge in [0.15, 0.2) is 6.29 Å². The highest BCUT2D eigenvalue weighted by molar-refractivity contribution is 6.30. The van der Waals surface area contributed by atoms with Crippen LogP contribution >= 0.6 is 11.6 Å². The van der Waals surface area contributed by atoms with Crippen LogP contribution in [0.5, 0.6) is 0 Å². The molecular weight excluding hydrogens is 376 g/mol. The predicted molar refractivity (Wildman–Crippen MR) is 108 cm³/mol. The van der Waals surface area contributed by atoms with Gasteiger partial charge in [0.05, 0.1) is 19.3 Å². The molecule has 0 spiro atoms. The van der Waals surface area contributed by atoms with E-state index in [-0.39, 0.29) is 11.9 Å². The standard InChI is InChI=1S/C22H23ClN2O3/c23-19-8-4-5-16(11-19)15-28-22-21(18-6-2-1-3-7-18)25(9-10-27-22)14-17-12-20(26)24-13-17/h1-8,11-12,21-22H,9-10,13-15H2,(H,24,26)/t21-,22+/m0/s1. The van der Waals surface area contributed by atoms with Gasteiger partial charge in [-0.1, -0.05) is 54.1 Å². The molecule has 0 saturated carbocycles. The van der Waals surface area contributed by atoms with Gasteiger partial charge in [0.2, 0.25) is 5.91 Å². The minimum atomic E-state index is -0.402. The molecule has 0 aromatic heterocycles. The fourth-order valence-corrected chi connectivity index (χ4v) is 3.89. The SMILES string of the molecule is O=C1C=C(CN2CCO[C@H](OCc3cccc(Cl)c3)[C@@H]2c2ccccc2)CN1. The van der Waals surface area contributed by atoms with Crippen LogP contribution in [-0.2, 0) is 20.9 Å². The molecule has 2 atom stereocenters. The molecule has 1 saturated heterocycles. The van der Waals surface area contributed by atoms with Crippen LogP contribution in [0, 0.1) is 0 Å². The van der Waals surface area contributed by atoms with Crippen LogP contribution in [0.15, 0.2) is 66.2 Å². The molecule has 146 valence electrons. The number of carbonyl (C=O) groups excluding carboxylic acids is 1. The summed E-state index contributed by atoms with van der Waals surface area (Å²) in [5.74, 6) is -0.0201. The normalized spacial score (nSPS) is 22.8. The number of nitrogens with one attached hydrogen (secondary N) is 1. The van der Waals surface area contributed by atoms with Gasteiger partial charge in [0.25, 0.3) is 0 Å². The average Bonchev–Trinajstić information content (AvgIpc) is 3.12. The summed E-state index contributed by atoms with van der Waals surface area (Å²) in [4.78, 5) is 13.9. The molecule has 28 heavy (non-hydrogen) atoms. The van der Waals surface area contributed by atoms with Crippen molar-refractivity contribution in [2.75, 3.05) is 26.2 Å². The quantitative estimate of drug-likeness (QED) is 0.811. The zero-order valence-corrected chi connectivity index (χ0v) is 16.3. The number of halogens is 1. The summed E-state index contributed by atoms with van der Waals surface area (Å²) in [5.41, 5.74) is 3.23. The summed E-state index contributed by atoms with van der Waals surface area (Å²) in [7, 11) is 0. The average molecular weight is 399 g/mol. The van der Waals surface area contributed by atoms with Crippen molar-refractivity contribution >= 4 is 17.5 Å². The Morgan fingerprint density at radius 1 is 1.18 bits per heavy atom. The molecule has 4 rings (SSSR count). The van der Waals surface area contributed by atoms with Crippen LogP contribution in [0.3, 0.4) is 0 Å². The molecule has 1 fully saturated rings. The maximum Gasteiger partial charge on any atom is 0.244 e. The largest absolute Gasteiger partial charge is 0.349 e. The van der Waals surface area contributed by atoms with E-state index in [1.165, 1.54) is 0 Å². The molecule has 6 heteroatoms. The number of nitrogens with zero attached hydrogens (tertiary/aromatic N) is 1. The predicted octanol–water partition coefficient (Wildman–Crippen LogP) is 3.31. The van der Waals surface area contributed by atoms with Gasteiger partial charge in [0.1, 0.15) is 0 Å². The van der Waals surface area contributed by atoms with Crippen molar-refractivity contribution in [2.24, 2.45) is 0 Å². The van der Waals surface area contributed by atoms with E-state index in [2.05, 4.69) is 22.3 Å². The topological polar surface area (TPSA) is 50.8 Å². The highest BCUT2D eigenvalue weighted by atomic mass is 35.5. The number of benzene rings is 2. The van der Waals surface area contributed by atoms with Crippen LogP contribution < -0.4 is 5.32 Å². The molecule has 5 nitrogen and oxygen atoms in total. The van der Waals surface area contributed by atoms with Crippen LogP contribution in [0.1, 0.15) is 17.2 Å². The number of hydrogen-bond acceptors (Lipinski definition) is 4. The number of ether oxygens (including phenoxy) is 2. The van der Waals surface area contributed by atoms with E-state index in [0.29, 0.717) is 31.3 Å². The first kappa shape index (κ1) is 19.2. The van der Waals surface area contributed by atoms with Gasteiger partial charge >= 0.3 is 0 Å². The second kappa shape index (κ2) is 8.88. The highest BCUT2D eigenvalue weighted by Gasteiger charge is 2.35. The molecule has 2 aliphatic heterocycles. The Balaban J connectivity index is 1.53. The van der Waals surface area contributed by atoms with E-state index in [0.717, 1.165) is 23.2 Å². The molecule has 0 radical (unpaired) electrons. The summed E-state index contributed by atoms with van der Waals surface area (Å²) in [6.45, 7) is 3.09. The van der Waals surface area contributed by atoms with Crippen LogP contribution in [0.2, 0.25) is 5.02 Å². The van der Waals surface area contributed by atoms with E-state index in [4.69, 9.17) is 21.1 Å². The summed E-state index contributed by atoms with van der Waals surface area (Å²) in [6, 6.07) is 17.8. The van der Waals surface area contributed by atoms with E-state index in [1.807, 2.05) is 42.5 Å². The number of carbonyl (C=O) groups is 1. The molecule has 2 aromatic rings.